The van der Waals surface area contributed by atoms with Gasteiger partial charge in [-0.25, -0.2) is 5.43 Å². The summed E-state index contributed by atoms with van der Waals surface area (Å²) < 4.78 is 0.882. The normalized spacial score (nSPS) is 11.2. The fraction of sp³-hybridized carbons (Fsp3) is 0.0667. The van der Waals surface area contributed by atoms with E-state index < -0.39 is 0 Å². The molecule has 0 saturated heterocycles. The highest BCUT2D eigenvalue weighted by atomic mass is 79.9. The zero-order valence-electron chi connectivity index (χ0n) is 11.2. The summed E-state index contributed by atoms with van der Waals surface area (Å²) in [7, 11) is 0. The van der Waals surface area contributed by atoms with Crippen molar-refractivity contribution >= 4 is 27.5 Å². The van der Waals surface area contributed by atoms with Crippen LogP contribution in [0.2, 0.25) is 0 Å². The summed E-state index contributed by atoms with van der Waals surface area (Å²) in [6.07, 6.45) is 0. The molecule has 5 nitrogen and oxygen atoms in total. The summed E-state index contributed by atoms with van der Waals surface area (Å²) in [6, 6.07) is 11.0. The number of benzene rings is 2. The second-order valence-electron chi connectivity index (χ2n) is 4.35. The number of hydrogen-bond acceptors (Lipinski definition) is 4. The van der Waals surface area contributed by atoms with Gasteiger partial charge in [-0.15, -0.1) is 0 Å². The first-order valence-electron chi connectivity index (χ1n) is 6.10. The minimum Gasteiger partial charge on any atom is -0.508 e. The SMILES string of the molecule is CC(=NNC(=O)c1ccc(Br)cc1)c1ccc(O)cc1O. The zero-order valence-corrected chi connectivity index (χ0v) is 12.8. The van der Waals surface area contributed by atoms with Crippen LogP contribution in [0, 0.1) is 0 Å². The number of nitrogens with zero attached hydrogens (tertiary/aromatic N) is 1. The molecule has 108 valence electrons. The second kappa shape index (κ2) is 6.41. The molecule has 0 radical (unpaired) electrons. The van der Waals surface area contributed by atoms with Crippen molar-refractivity contribution < 1.29 is 15.0 Å². The van der Waals surface area contributed by atoms with Gasteiger partial charge < -0.3 is 10.2 Å². The molecule has 21 heavy (non-hydrogen) atoms. The number of rotatable bonds is 3. The molecular formula is C15H13BrN2O3. The quantitative estimate of drug-likeness (QED) is 0.589. The first-order valence-corrected chi connectivity index (χ1v) is 6.89. The third-order valence-corrected chi connectivity index (χ3v) is 3.33. The Morgan fingerprint density at radius 1 is 1.14 bits per heavy atom. The molecule has 0 unspecified atom stereocenters. The molecule has 1 amide bonds. The van der Waals surface area contributed by atoms with E-state index in [9.17, 15) is 15.0 Å². The van der Waals surface area contributed by atoms with Crippen molar-refractivity contribution in [2.24, 2.45) is 5.10 Å². The van der Waals surface area contributed by atoms with Crippen LogP contribution in [0.25, 0.3) is 0 Å². The highest BCUT2D eigenvalue weighted by Crippen LogP contribution is 2.23. The minimum absolute atomic E-state index is 0.0389. The Balaban J connectivity index is 2.12. The monoisotopic (exact) mass is 348 g/mol. The van der Waals surface area contributed by atoms with Crippen molar-refractivity contribution in [1.82, 2.24) is 5.43 Å². The van der Waals surface area contributed by atoms with Crippen LogP contribution in [-0.2, 0) is 0 Å². The van der Waals surface area contributed by atoms with E-state index in [1.807, 2.05) is 0 Å². The third-order valence-electron chi connectivity index (χ3n) is 2.80. The molecule has 0 saturated carbocycles. The van der Waals surface area contributed by atoms with Gasteiger partial charge in [-0.1, -0.05) is 15.9 Å². The topological polar surface area (TPSA) is 81.9 Å². The van der Waals surface area contributed by atoms with E-state index in [0.29, 0.717) is 16.8 Å². The van der Waals surface area contributed by atoms with Gasteiger partial charge in [-0.05, 0) is 43.3 Å². The Labute approximate surface area is 130 Å². The number of carbonyl (C=O) groups is 1. The molecule has 0 heterocycles. The zero-order chi connectivity index (χ0) is 15.4. The summed E-state index contributed by atoms with van der Waals surface area (Å²) in [5.41, 5.74) is 3.76. The number of aromatic hydroxyl groups is 2. The molecule has 0 fully saturated rings. The van der Waals surface area contributed by atoms with Gasteiger partial charge in [0.15, 0.2) is 0 Å². The van der Waals surface area contributed by atoms with Crippen LogP contribution in [0.3, 0.4) is 0 Å². The lowest BCUT2D eigenvalue weighted by atomic mass is 10.1. The van der Waals surface area contributed by atoms with Crippen LogP contribution >= 0.6 is 15.9 Å². The van der Waals surface area contributed by atoms with E-state index >= 15 is 0 Å². The van der Waals surface area contributed by atoms with E-state index in [0.717, 1.165) is 4.47 Å². The van der Waals surface area contributed by atoms with E-state index in [-0.39, 0.29) is 17.4 Å². The number of nitrogens with one attached hydrogen (secondary N) is 1. The van der Waals surface area contributed by atoms with Gasteiger partial charge >= 0.3 is 0 Å². The molecule has 0 atom stereocenters. The number of hydrazone groups is 1. The Bertz CT molecular complexity index is 697. The van der Waals surface area contributed by atoms with Crippen molar-refractivity contribution in [3.63, 3.8) is 0 Å². The molecule has 2 aromatic carbocycles. The van der Waals surface area contributed by atoms with Gasteiger partial charge in [-0.2, -0.15) is 5.10 Å². The smallest absolute Gasteiger partial charge is 0.271 e. The lowest BCUT2D eigenvalue weighted by Gasteiger charge is -2.05. The predicted octanol–water partition coefficient (Wildman–Crippen LogP) is 3.01. The molecule has 0 spiro atoms. The van der Waals surface area contributed by atoms with Gasteiger partial charge in [0.2, 0.25) is 0 Å². The summed E-state index contributed by atoms with van der Waals surface area (Å²) in [5.74, 6) is -0.489. The molecule has 0 aliphatic heterocycles. The lowest BCUT2D eigenvalue weighted by molar-refractivity contribution is 0.0955. The van der Waals surface area contributed by atoms with E-state index in [4.69, 9.17) is 0 Å². The molecular weight excluding hydrogens is 336 g/mol. The van der Waals surface area contributed by atoms with E-state index in [1.54, 1.807) is 31.2 Å². The van der Waals surface area contributed by atoms with Gasteiger partial charge in [0, 0.05) is 21.7 Å². The van der Waals surface area contributed by atoms with Crippen LogP contribution < -0.4 is 5.43 Å². The maximum atomic E-state index is 11.9. The Hall–Kier alpha value is -2.34. The largest absolute Gasteiger partial charge is 0.508 e. The molecule has 6 heteroatoms. The van der Waals surface area contributed by atoms with Crippen molar-refractivity contribution in [1.29, 1.82) is 0 Å². The number of carbonyl (C=O) groups excluding carboxylic acids is 1. The molecule has 0 aliphatic carbocycles. The molecule has 2 aromatic rings. The Kier molecular flexibility index (Phi) is 4.59. The highest BCUT2D eigenvalue weighted by molar-refractivity contribution is 9.10. The number of halogens is 1. The van der Waals surface area contributed by atoms with Gasteiger partial charge in [-0.3, -0.25) is 4.79 Å². The number of hydrogen-bond donors (Lipinski definition) is 3. The second-order valence-corrected chi connectivity index (χ2v) is 5.26. The third kappa shape index (κ3) is 3.82. The number of phenols is 2. The summed E-state index contributed by atoms with van der Waals surface area (Å²) in [6.45, 7) is 1.65. The predicted molar refractivity (Wildman–Crippen MR) is 83.6 cm³/mol. The Morgan fingerprint density at radius 2 is 1.81 bits per heavy atom. The molecule has 3 N–H and O–H groups in total. The van der Waals surface area contributed by atoms with Gasteiger partial charge in [0.05, 0.1) is 5.71 Å². The van der Waals surface area contributed by atoms with Crippen molar-refractivity contribution in [2.75, 3.05) is 0 Å². The maximum Gasteiger partial charge on any atom is 0.271 e. The van der Waals surface area contributed by atoms with Crippen LogP contribution in [-0.4, -0.2) is 21.8 Å². The Morgan fingerprint density at radius 3 is 2.43 bits per heavy atom. The summed E-state index contributed by atoms with van der Waals surface area (Å²) in [4.78, 5) is 11.9. The average Bonchev–Trinajstić information content (AvgIpc) is 2.45. The maximum absolute atomic E-state index is 11.9. The van der Waals surface area contributed by atoms with E-state index in [2.05, 4.69) is 26.5 Å². The summed E-state index contributed by atoms with van der Waals surface area (Å²) in [5, 5.41) is 22.9. The number of phenolic OH excluding ortho intramolecular Hbond substituents is 2. The van der Waals surface area contributed by atoms with E-state index in [1.165, 1.54) is 18.2 Å². The molecule has 0 bridgehead atoms. The molecule has 0 aliphatic rings. The van der Waals surface area contributed by atoms with Crippen molar-refractivity contribution in [3.05, 3.63) is 58.1 Å². The first-order chi connectivity index (χ1) is 9.97. The standard InChI is InChI=1S/C15H13BrN2O3/c1-9(13-7-6-12(19)8-14(13)20)17-18-15(21)10-2-4-11(16)5-3-10/h2-8,19-20H,1H3,(H,18,21). The van der Waals surface area contributed by atoms with Crippen molar-refractivity contribution in [2.45, 2.75) is 6.92 Å². The van der Waals surface area contributed by atoms with Gasteiger partial charge in [0.1, 0.15) is 11.5 Å². The average molecular weight is 349 g/mol. The van der Waals surface area contributed by atoms with Gasteiger partial charge in [0.25, 0.3) is 5.91 Å². The fourth-order valence-electron chi connectivity index (χ4n) is 1.69. The molecule has 0 aromatic heterocycles. The lowest BCUT2D eigenvalue weighted by Crippen LogP contribution is -2.19. The van der Waals surface area contributed by atoms with Crippen LogP contribution in [0.1, 0.15) is 22.8 Å². The summed E-state index contributed by atoms with van der Waals surface area (Å²) >= 11 is 3.29. The highest BCUT2D eigenvalue weighted by Gasteiger charge is 2.07. The van der Waals surface area contributed by atoms with Crippen molar-refractivity contribution in [3.8, 4) is 11.5 Å². The fourth-order valence-corrected chi connectivity index (χ4v) is 1.95. The number of amides is 1. The van der Waals surface area contributed by atoms with Crippen LogP contribution in [0.4, 0.5) is 0 Å². The van der Waals surface area contributed by atoms with Crippen LogP contribution in [0.5, 0.6) is 11.5 Å². The first kappa shape index (κ1) is 15.1. The minimum atomic E-state index is -0.347. The van der Waals surface area contributed by atoms with Crippen LogP contribution in [0.15, 0.2) is 52.0 Å². The molecule has 2 rings (SSSR count).